The Morgan fingerprint density at radius 3 is 1.98 bits per heavy atom. The van der Waals surface area contributed by atoms with Crippen LogP contribution in [0.2, 0.25) is 22.2 Å². The number of ketones is 1. The molecule has 0 saturated carbocycles. The lowest BCUT2D eigenvalue weighted by Gasteiger charge is -2.52. The van der Waals surface area contributed by atoms with Gasteiger partial charge in [-0.05, 0) is 28.2 Å². The van der Waals surface area contributed by atoms with E-state index in [1.54, 1.807) is 24.3 Å². The minimum Gasteiger partial charge on any atom is -0.414 e. The number of carbonyl (C=O) groups is 1. The zero-order valence-corrected chi connectivity index (χ0v) is 26.6. The van der Waals surface area contributed by atoms with Gasteiger partial charge < -0.3 is 28.5 Å². The molecule has 12 heteroatoms. The van der Waals surface area contributed by atoms with Gasteiger partial charge in [-0.1, -0.05) is 85.7 Å². The van der Waals surface area contributed by atoms with Crippen molar-refractivity contribution in [3.63, 3.8) is 0 Å². The molecule has 40 heavy (non-hydrogen) atoms. The van der Waals surface area contributed by atoms with Crippen molar-refractivity contribution in [1.82, 2.24) is 9.55 Å². The standard InChI is InChI=1S/C28H43N3O7Si2/c1-16(2)39(17(3)4)36-24(22(32)20-12-10-9-11-13-20)26-25(37-40(38-39,18(5)6)19(7)8)23(33)27(35-26)31-15-14-21(29)30-28(31)34/h9-19,23-27,33H,1-8H3,(H2,29,30,34)/t23-,24?,25+,26-,27-/m1/s1. The SMILES string of the molecule is CC(C)[Si]1(C(C)C)OC(C(=O)c2ccccc2)[C@H]2O[C@@H](n3ccc(N)nc3=O)[C@H](O)[C@@H]2O[Si](C(C)C)(C(C)C)O1. The number of hydrogen-bond acceptors (Lipinski definition) is 9. The molecule has 2 saturated heterocycles. The maximum Gasteiger partial charge on any atom is 0.351 e. The van der Waals surface area contributed by atoms with E-state index in [4.69, 9.17) is 23.4 Å². The molecule has 0 amide bonds. The second-order valence-electron chi connectivity index (χ2n) is 12.0. The molecule has 2 aliphatic rings. The molecule has 2 aromatic rings. The second kappa shape index (κ2) is 11.6. The number of aromatic nitrogens is 2. The van der Waals surface area contributed by atoms with E-state index in [2.05, 4.69) is 60.4 Å². The van der Waals surface area contributed by atoms with Gasteiger partial charge in [-0.2, -0.15) is 4.98 Å². The number of nitrogen functional groups attached to an aromatic ring is 1. The van der Waals surface area contributed by atoms with Gasteiger partial charge in [-0.3, -0.25) is 9.36 Å². The van der Waals surface area contributed by atoms with Crippen LogP contribution in [-0.2, 0) is 17.7 Å². The molecule has 2 aliphatic heterocycles. The quantitative estimate of drug-likeness (QED) is 0.358. The van der Waals surface area contributed by atoms with Crippen molar-refractivity contribution in [2.45, 2.75) is 108 Å². The molecule has 1 aromatic heterocycles. The molecule has 1 unspecified atom stereocenters. The maximum absolute atomic E-state index is 14.2. The number of nitrogens with two attached hydrogens (primary N) is 1. The molecule has 3 heterocycles. The summed E-state index contributed by atoms with van der Waals surface area (Å²) in [7, 11) is -6.33. The van der Waals surface area contributed by atoms with Crippen LogP contribution in [0.25, 0.3) is 0 Å². The second-order valence-corrected chi connectivity index (χ2v) is 20.8. The van der Waals surface area contributed by atoms with Crippen LogP contribution in [-0.4, -0.2) is 62.0 Å². The third-order valence-electron chi connectivity index (χ3n) is 8.16. The maximum atomic E-state index is 14.2. The first-order chi connectivity index (χ1) is 18.7. The molecule has 0 aliphatic carbocycles. The number of Topliss-reactive ketones (excluding diaryl/α,β-unsaturated/α-hetero) is 1. The number of aliphatic hydroxyl groups is 1. The van der Waals surface area contributed by atoms with E-state index in [-0.39, 0.29) is 33.8 Å². The Bertz CT molecular complexity index is 1240. The molecule has 2 fully saturated rings. The Balaban J connectivity index is 1.93. The number of benzene rings is 1. The van der Waals surface area contributed by atoms with Gasteiger partial charge in [0, 0.05) is 11.8 Å². The summed E-state index contributed by atoms with van der Waals surface area (Å²) in [6.45, 7) is 16.6. The van der Waals surface area contributed by atoms with Crippen LogP contribution in [0, 0.1) is 0 Å². The van der Waals surface area contributed by atoms with E-state index >= 15 is 0 Å². The Hall–Kier alpha value is -2.20. The van der Waals surface area contributed by atoms with Crippen LogP contribution in [0.5, 0.6) is 0 Å². The van der Waals surface area contributed by atoms with Crippen LogP contribution in [0.3, 0.4) is 0 Å². The van der Waals surface area contributed by atoms with Crippen molar-refractivity contribution >= 4 is 28.7 Å². The van der Waals surface area contributed by atoms with Crippen LogP contribution < -0.4 is 11.4 Å². The predicted octanol–water partition coefficient (Wildman–Crippen LogP) is 4.29. The lowest BCUT2D eigenvalue weighted by molar-refractivity contribution is -0.0826. The fraction of sp³-hybridized carbons (Fsp3) is 0.607. The number of ether oxygens (including phenoxy) is 1. The van der Waals surface area contributed by atoms with E-state index in [0.29, 0.717) is 5.56 Å². The van der Waals surface area contributed by atoms with Gasteiger partial charge in [0.15, 0.2) is 12.0 Å². The molecule has 0 radical (unpaired) electrons. The van der Waals surface area contributed by atoms with Gasteiger partial charge in [0.2, 0.25) is 0 Å². The summed E-state index contributed by atoms with van der Waals surface area (Å²) in [6, 6.07) is 10.3. The van der Waals surface area contributed by atoms with Crippen LogP contribution in [0.1, 0.15) is 72.0 Å². The summed E-state index contributed by atoms with van der Waals surface area (Å²) in [4.78, 5) is 30.8. The van der Waals surface area contributed by atoms with Crippen molar-refractivity contribution < 1.29 is 27.6 Å². The molecule has 1 aromatic carbocycles. The zero-order chi connectivity index (χ0) is 29.6. The van der Waals surface area contributed by atoms with E-state index < -0.39 is 53.5 Å². The normalized spacial score (nSPS) is 28.1. The molecule has 0 spiro atoms. The predicted molar refractivity (Wildman–Crippen MR) is 156 cm³/mol. The van der Waals surface area contributed by atoms with Crippen molar-refractivity contribution in [2.24, 2.45) is 0 Å². The molecular formula is C28H43N3O7Si2. The molecule has 3 N–H and O–H groups in total. The highest BCUT2D eigenvalue weighted by Gasteiger charge is 2.64. The van der Waals surface area contributed by atoms with Crippen LogP contribution in [0.15, 0.2) is 47.4 Å². The molecule has 4 rings (SSSR count). The Morgan fingerprint density at radius 2 is 1.45 bits per heavy atom. The Morgan fingerprint density at radius 1 is 0.900 bits per heavy atom. The van der Waals surface area contributed by atoms with E-state index in [9.17, 15) is 14.7 Å². The third kappa shape index (κ3) is 5.26. The summed E-state index contributed by atoms with van der Waals surface area (Å²) < 4.78 is 28.9. The molecular weight excluding hydrogens is 546 g/mol. The summed E-state index contributed by atoms with van der Waals surface area (Å²) in [6.07, 6.45) is -4.16. The number of nitrogens with zero attached hydrogens (tertiary/aromatic N) is 2. The van der Waals surface area contributed by atoms with E-state index in [1.165, 1.54) is 16.8 Å². The van der Waals surface area contributed by atoms with Gasteiger partial charge in [-0.25, -0.2) is 4.79 Å². The summed E-state index contributed by atoms with van der Waals surface area (Å²) in [5, 5.41) is 11.7. The van der Waals surface area contributed by atoms with Gasteiger partial charge in [0.05, 0.1) is 0 Å². The molecule has 220 valence electrons. The highest BCUT2D eigenvalue weighted by Crippen LogP contribution is 2.50. The lowest BCUT2D eigenvalue weighted by atomic mass is 9.98. The number of anilines is 1. The monoisotopic (exact) mass is 589 g/mol. The van der Waals surface area contributed by atoms with Gasteiger partial charge in [-0.15, -0.1) is 0 Å². The van der Waals surface area contributed by atoms with Crippen molar-refractivity contribution in [3.8, 4) is 0 Å². The molecule has 10 nitrogen and oxygen atoms in total. The van der Waals surface area contributed by atoms with Crippen molar-refractivity contribution in [3.05, 3.63) is 58.6 Å². The van der Waals surface area contributed by atoms with Crippen molar-refractivity contribution in [1.29, 1.82) is 0 Å². The first kappa shape index (κ1) is 30.8. The number of fused-ring (bicyclic) bond motifs is 1. The molecule has 5 atom stereocenters. The van der Waals surface area contributed by atoms with Gasteiger partial charge in [0.25, 0.3) is 0 Å². The number of rotatable bonds is 7. The number of hydrogen-bond donors (Lipinski definition) is 2. The largest absolute Gasteiger partial charge is 0.414 e. The average Bonchev–Trinajstić information content (AvgIpc) is 3.18. The highest BCUT2D eigenvalue weighted by atomic mass is 28.5. The minimum absolute atomic E-state index is 0.00494. The first-order valence-corrected chi connectivity index (χ1v) is 18.0. The highest BCUT2D eigenvalue weighted by molar-refractivity contribution is 6.84. The fourth-order valence-corrected chi connectivity index (χ4v) is 17.2. The van der Waals surface area contributed by atoms with Gasteiger partial charge in [0.1, 0.15) is 30.2 Å². The average molecular weight is 590 g/mol. The Labute approximate surface area is 238 Å². The fourth-order valence-electron chi connectivity index (χ4n) is 6.00. The third-order valence-corrected chi connectivity index (χ3v) is 18.4. The van der Waals surface area contributed by atoms with Gasteiger partial charge >= 0.3 is 22.8 Å². The summed E-state index contributed by atoms with van der Waals surface area (Å²) in [5.41, 5.74) is 5.44. The smallest absolute Gasteiger partial charge is 0.351 e. The number of aliphatic hydroxyl groups excluding tert-OH is 1. The van der Waals surface area contributed by atoms with Crippen molar-refractivity contribution in [2.75, 3.05) is 5.73 Å². The first-order valence-electron chi connectivity index (χ1n) is 14.1. The van der Waals surface area contributed by atoms with E-state index in [0.717, 1.165) is 0 Å². The van der Waals surface area contributed by atoms with E-state index in [1.807, 2.05) is 6.07 Å². The van der Waals surface area contributed by atoms with Crippen LogP contribution >= 0.6 is 0 Å². The summed E-state index contributed by atoms with van der Waals surface area (Å²) in [5.74, 6) is -0.236. The summed E-state index contributed by atoms with van der Waals surface area (Å²) >= 11 is 0. The van der Waals surface area contributed by atoms with Crippen LogP contribution in [0.4, 0.5) is 5.82 Å². The topological polar surface area (TPSA) is 135 Å². The lowest BCUT2D eigenvalue weighted by Crippen LogP contribution is -2.68. The zero-order valence-electron chi connectivity index (χ0n) is 24.6. The Kier molecular flexibility index (Phi) is 8.91. The molecule has 0 bridgehead atoms. The number of carbonyl (C=O) groups excluding carboxylic acids is 1. The minimum atomic E-state index is -3.18.